The summed E-state index contributed by atoms with van der Waals surface area (Å²) in [6, 6.07) is 8.96. The Morgan fingerprint density at radius 3 is 2.53 bits per heavy atom. The molecule has 0 aromatic heterocycles. The van der Waals surface area contributed by atoms with Crippen molar-refractivity contribution in [2.75, 3.05) is 11.9 Å². The van der Waals surface area contributed by atoms with E-state index in [0.29, 0.717) is 6.04 Å². The van der Waals surface area contributed by atoms with Crippen molar-refractivity contribution in [3.05, 3.63) is 24.3 Å². The lowest BCUT2D eigenvalue weighted by Gasteiger charge is -2.30. The molecule has 1 N–H and O–H groups in total. The third-order valence-corrected chi connectivity index (χ3v) is 3.63. The Labute approximate surface area is 104 Å². The van der Waals surface area contributed by atoms with Crippen molar-refractivity contribution in [1.29, 1.82) is 0 Å². The molecule has 1 aliphatic carbocycles. The molecule has 1 aromatic carbocycles. The fourth-order valence-corrected chi connectivity index (χ4v) is 2.56. The first-order valence-electron chi connectivity index (χ1n) is 6.79. The molecule has 2 unspecified atom stereocenters. The number of anilines is 1. The molecule has 1 saturated carbocycles. The van der Waals surface area contributed by atoms with Crippen molar-refractivity contribution in [3.63, 3.8) is 0 Å². The summed E-state index contributed by atoms with van der Waals surface area (Å²) in [5.74, 6) is 1.74. The van der Waals surface area contributed by atoms with Crippen LogP contribution >= 0.6 is 0 Å². The molecule has 0 bridgehead atoms. The van der Waals surface area contributed by atoms with Gasteiger partial charge in [-0.15, -0.1) is 0 Å². The molecule has 0 heterocycles. The van der Waals surface area contributed by atoms with Gasteiger partial charge in [-0.05, 0) is 49.9 Å². The molecule has 94 valence electrons. The molecule has 0 saturated heterocycles. The fraction of sp³-hybridized carbons (Fsp3) is 0.600. The highest BCUT2D eigenvalue weighted by Crippen LogP contribution is 2.27. The number of hydrogen-bond acceptors (Lipinski definition) is 2. The lowest BCUT2D eigenvalue weighted by molar-refractivity contribution is 0.340. The second kappa shape index (κ2) is 5.95. The Kier molecular flexibility index (Phi) is 4.29. The molecule has 0 aliphatic heterocycles. The Morgan fingerprint density at radius 2 is 1.88 bits per heavy atom. The molecule has 2 atom stereocenters. The third kappa shape index (κ3) is 3.39. The van der Waals surface area contributed by atoms with Crippen LogP contribution in [0.1, 0.15) is 39.5 Å². The maximum absolute atomic E-state index is 5.44. The summed E-state index contributed by atoms with van der Waals surface area (Å²) in [5.41, 5.74) is 1.22. The maximum Gasteiger partial charge on any atom is 0.119 e. The standard InChI is InChI=1S/C15H23NO/c1-3-17-14-10-8-13(9-11-14)16-15-7-5-4-6-12(15)2/h8-12,15-16H,3-7H2,1-2H3. The van der Waals surface area contributed by atoms with Crippen LogP contribution in [0.15, 0.2) is 24.3 Å². The first kappa shape index (κ1) is 12.3. The average molecular weight is 233 g/mol. The van der Waals surface area contributed by atoms with Crippen LogP contribution in [0.5, 0.6) is 5.75 Å². The average Bonchev–Trinajstić information content (AvgIpc) is 2.35. The van der Waals surface area contributed by atoms with E-state index in [1.165, 1.54) is 31.4 Å². The first-order chi connectivity index (χ1) is 8.29. The molecule has 2 rings (SSSR count). The van der Waals surface area contributed by atoms with Gasteiger partial charge in [-0.3, -0.25) is 0 Å². The second-order valence-corrected chi connectivity index (χ2v) is 4.97. The van der Waals surface area contributed by atoms with E-state index < -0.39 is 0 Å². The van der Waals surface area contributed by atoms with Crippen molar-refractivity contribution in [3.8, 4) is 5.75 Å². The third-order valence-electron chi connectivity index (χ3n) is 3.63. The molecule has 2 nitrogen and oxygen atoms in total. The number of rotatable bonds is 4. The number of nitrogens with one attached hydrogen (secondary N) is 1. The molecular weight excluding hydrogens is 210 g/mol. The Bertz CT molecular complexity index is 333. The maximum atomic E-state index is 5.44. The minimum atomic E-state index is 0.640. The predicted molar refractivity (Wildman–Crippen MR) is 72.7 cm³/mol. The van der Waals surface area contributed by atoms with Gasteiger partial charge in [-0.25, -0.2) is 0 Å². The smallest absolute Gasteiger partial charge is 0.119 e. The van der Waals surface area contributed by atoms with Crippen molar-refractivity contribution in [1.82, 2.24) is 0 Å². The summed E-state index contributed by atoms with van der Waals surface area (Å²) in [7, 11) is 0. The van der Waals surface area contributed by atoms with Crippen LogP contribution in [0.2, 0.25) is 0 Å². The van der Waals surface area contributed by atoms with Gasteiger partial charge in [0.05, 0.1) is 6.61 Å². The number of benzene rings is 1. The predicted octanol–water partition coefficient (Wildman–Crippen LogP) is 4.08. The topological polar surface area (TPSA) is 21.3 Å². The number of hydrogen-bond donors (Lipinski definition) is 1. The van der Waals surface area contributed by atoms with Crippen LogP contribution in [0.4, 0.5) is 5.69 Å². The van der Waals surface area contributed by atoms with Crippen LogP contribution in [0.25, 0.3) is 0 Å². The Balaban J connectivity index is 1.93. The summed E-state index contributed by atoms with van der Waals surface area (Å²) in [6.45, 7) is 5.09. The SMILES string of the molecule is CCOc1ccc(NC2CCCCC2C)cc1. The molecular formula is C15H23NO. The van der Waals surface area contributed by atoms with Crippen LogP contribution in [0, 0.1) is 5.92 Å². The molecule has 1 fully saturated rings. The van der Waals surface area contributed by atoms with E-state index in [4.69, 9.17) is 4.74 Å². The van der Waals surface area contributed by atoms with Gasteiger partial charge in [0, 0.05) is 11.7 Å². The van der Waals surface area contributed by atoms with E-state index in [2.05, 4.69) is 24.4 Å². The van der Waals surface area contributed by atoms with Gasteiger partial charge in [0.2, 0.25) is 0 Å². The molecule has 17 heavy (non-hydrogen) atoms. The molecule has 0 spiro atoms. The van der Waals surface area contributed by atoms with Crippen molar-refractivity contribution in [2.45, 2.75) is 45.6 Å². The summed E-state index contributed by atoms with van der Waals surface area (Å²) in [4.78, 5) is 0. The minimum Gasteiger partial charge on any atom is -0.494 e. The van der Waals surface area contributed by atoms with Gasteiger partial charge < -0.3 is 10.1 Å². The van der Waals surface area contributed by atoms with Gasteiger partial charge in [0.15, 0.2) is 0 Å². The fourth-order valence-electron chi connectivity index (χ4n) is 2.56. The highest BCUT2D eigenvalue weighted by Gasteiger charge is 2.20. The zero-order valence-electron chi connectivity index (χ0n) is 10.9. The Morgan fingerprint density at radius 1 is 1.18 bits per heavy atom. The van der Waals surface area contributed by atoms with Crippen LogP contribution in [0.3, 0.4) is 0 Å². The normalized spacial score (nSPS) is 24.4. The molecule has 0 amide bonds. The quantitative estimate of drug-likeness (QED) is 0.846. The molecule has 2 heteroatoms. The van der Waals surface area contributed by atoms with E-state index in [1.807, 2.05) is 19.1 Å². The van der Waals surface area contributed by atoms with Crippen molar-refractivity contribution >= 4 is 5.69 Å². The summed E-state index contributed by atoms with van der Waals surface area (Å²) < 4.78 is 5.44. The second-order valence-electron chi connectivity index (χ2n) is 4.97. The minimum absolute atomic E-state index is 0.640. The van der Waals surface area contributed by atoms with E-state index in [9.17, 15) is 0 Å². The number of ether oxygens (including phenoxy) is 1. The van der Waals surface area contributed by atoms with E-state index in [1.54, 1.807) is 0 Å². The van der Waals surface area contributed by atoms with Gasteiger partial charge in [-0.2, -0.15) is 0 Å². The van der Waals surface area contributed by atoms with Gasteiger partial charge in [0.25, 0.3) is 0 Å². The summed E-state index contributed by atoms with van der Waals surface area (Å²) in [5, 5.41) is 3.64. The van der Waals surface area contributed by atoms with Crippen LogP contribution < -0.4 is 10.1 Å². The lowest BCUT2D eigenvalue weighted by atomic mass is 9.86. The molecule has 1 aromatic rings. The zero-order chi connectivity index (χ0) is 12.1. The highest BCUT2D eigenvalue weighted by molar-refractivity contribution is 5.47. The van der Waals surface area contributed by atoms with Crippen molar-refractivity contribution < 1.29 is 4.74 Å². The van der Waals surface area contributed by atoms with Gasteiger partial charge >= 0.3 is 0 Å². The Hall–Kier alpha value is -1.18. The largest absolute Gasteiger partial charge is 0.494 e. The zero-order valence-corrected chi connectivity index (χ0v) is 10.9. The van der Waals surface area contributed by atoms with Crippen molar-refractivity contribution in [2.24, 2.45) is 5.92 Å². The van der Waals surface area contributed by atoms with Gasteiger partial charge in [0.1, 0.15) is 5.75 Å². The monoisotopic (exact) mass is 233 g/mol. The van der Waals surface area contributed by atoms with E-state index >= 15 is 0 Å². The summed E-state index contributed by atoms with van der Waals surface area (Å²) >= 11 is 0. The molecule has 0 radical (unpaired) electrons. The highest BCUT2D eigenvalue weighted by atomic mass is 16.5. The summed E-state index contributed by atoms with van der Waals surface area (Å²) in [6.07, 6.45) is 5.41. The van der Waals surface area contributed by atoms with Gasteiger partial charge in [-0.1, -0.05) is 19.8 Å². The van der Waals surface area contributed by atoms with E-state index in [-0.39, 0.29) is 0 Å². The molecule has 1 aliphatic rings. The lowest BCUT2D eigenvalue weighted by Crippen LogP contribution is -2.30. The first-order valence-corrected chi connectivity index (χ1v) is 6.79. The van der Waals surface area contributed by atoms with E-state index in [0.717, 1.165) is 18.3 Å². The van der Waals surface area contributed by atoms with Crippen LogP contribution in [-0.4, -0.2) is 12.6 Å². The van der Waals surface area contributed by atoms with Crippen LogP contribution in [-0.2, 0) is 0 Å².